The van der Waals surface area contributed by atoms with Crippen molar-refractivity contribution < 1.29 is 9.18 Å². The van der Waals surface area contributed by atoms with Gasteiger partial charge >= 0.3 is 0 Å². The third kappa shape index (κ3) is 4.35. The maximum absolute atomic E-state index is 14.4. The summed E-state index contributed by atoms with van der Waals surface area (Å²) in [7, 11) is 0. The molecule has 3 aromatic rings. The first-order chi connectivity index (χ1) is 14.1. The maximum atomic E-state index is 14.4. The molecule has 29 heavy (non-hydrogen) atoms. The lowest BCUT2D eigenvalue weighted by Gasteiger charge is -2.14. The second-order valence-electron chi connectivity index (χ2n) is 7.38. The summed E-state index contributed by atoms with van der Waals surface area (Å²) in [6.45, 7) is 0.846. The minimum atomic E-state index is -0.773. The van der Waals surface area contributed by atoms with E-state index >= 15 is 0 Å². The molecule has 3 N–H and O–H groups in total. The van der Waals surface area contributed by atoms with Crippen LogP contribution in [0.4, 0.5) is 10.1 Å². The first-order valence-corrected chi connectivity index (χ1v) is 9.94. The van der Waals surface area contributed by atoms with Crippen LogP contribution < -0.4 is 11.1 Å². The van der Waals surface area contributed by atoms with Gasteiger partial charge in [0.2, 0.25) is 5.91 Å². The summed E-state index contributed by atoms with van der Waals surface area (Å²) in [6, 6.07) is 13.3. The molecule has 4 rings (SSSR count). The average Bonchev–Trinajstić information content (AvgIpc) is 2.98. The van der Waals surface area contributed by atoms with Gasteiger partial charge in [-0.25, -0.2) is 4.39 Å². The molecular weight excluding hydrogens is 369 g/mol. The smallest absolute Gasteiger partial charge is 0.241 e. The molecule has 0 aliphatic carbocycles. The van der Waals surface area contributed by atoms with E-state index in [1.54, 1.807) is 12.1 Å². The van der Waals surface area contributed by atoms with Crippen LogP contribution in [0.25, 0.3) is 11.4 Å². The number of halogens is 1. The second kappa shape index (κ2) is 8.53. The van der Waals surface area contributed by atoms with Crippen LogP contribution in [0.15, 0.2) is 48.5 Å². The molecule has 2 heterocycles. The molecule has 0 radical (unpaired) electrons. The molecule has 150 valence electrons. The topological polar surface area (TPSA) is 85.8 Å². The predicted molar refractivity (Wildman–Crippen MR) is 110 cm³/mol. The summed E-state index contributed by atoms with van der Waals surface area (Å²) in [4.78, 5) is 12.5. The zero-order valence-corrected chi connectivity index (χ0v) is 16.1. The van der Waals surface area contributed by atoms with Crippen LogP contribution in [-0.2, 0) is 24.2 Å². The largest absolute Gasteiger partial charge is 0.322 e. The van der Waals surface area contributed by atoms with Gasteiger partial charge in [0.15, 0.2) is 5.82 Å². The van der Waals surface area contributed by atoms with Crippen molar-refractivity contribution in [2.75, 3.05) is 5.32 Å². The lowest BCUT2D eigenvalue weighted by molar-refractivity contribution is -0.117. The number of aromatic nitrogens is 3. The molecule has 0 spiro atoms. The van der Waals surface area contributed by atoms with E-state index < -0.39 is 17.8 Å². The highest BCUT2D eigenvalue weighted by molar-refractivity contribution is 5.95. The minimum Gasteiger partial charge on any atom is -0.322 e. The molecule has 0 bridgehead atoms. The van der Waals surface area contributed by atoms with Crippen LogP contribution in [0.1, 0.15) is 30.7 Å². The van der Waals surface area contributed by atoms with E-state index in [-0.39, 0.29) is 5.69 Å². The van der Waals surface area contributed by atoms with Crippen LogP contribution in [-0.4, -0.2) is 26.7 Å². The van der Waals surface area contributed by atoms with Crippen molar-refractivity contribution in [1.29, 1.82) is 0 Å². The van der Waals surface area contributed by atoms with Gasteiger partial charge in [-0.2, -0.15) is 0 Å². The summed E-state index contributed by atoms with van der Waals surface area (Å²) in [5, 5.41) is 11.2. The Morgan fingerprint density at radius 2 is 1.97 bits per heavy atom. The van der Waals surface area contributed by atoms with Gasteiger partial charge in [-0.05, 0) is 43.0 Å². The van der Waals surface area contributed by atoms with Crippen LogP contribution in [0.3, 0.4) is 0 Å². The van der Waals surface area contributed by atoms with E-state index in [9.17, 15) is 9.18 Å². The van der Waals surface area contributed by atoms with Crippen molar-refractivity contribution in [2.24, 2.45) is 5.73 Å². The van der Waals surface area contributed by atoms with Crippen molar-refractivity contribution in [3.8, 4) is 11.4 Å². The lowest BCUT2D eigenvalue weighted by atomic mass is 10.1. The SMILES string of the molecule is NC(Cc1ccccc1)C(=O)Nc1cc(-c2nnc3n2CCCCC3)ccc1F. The number of fused-ring (bicyclic) bond motifs is 1. The van der Waals surface area contributed by atoms with Crippen molar-refractivity contribution in [1.82, 2.24) is 14.8 Å². The third-order valence-corrected chi connectivity index (χ3v) is 5.23. The average molecular weight is 393 g/mol. The molecule has 1 aromatic heterocycles. The van der Waals surface area contributed by atoms with Gasteiger partial charge in [0, 0.05) is 18.5 Å². The van der Waals surface area contributed by atoms with Gasteiger partial charge < -0.3 is 15.6 Å². The highest BCUT2D eigenvalue weighted by Crippen LogP contribution is 2.26. The number of carbonyl (C=O) groups excluding carboxylic acids is 1. The first kappa shape index (κ1) is 19.3. The number of nitrogens with two attached hydrogens (primary N) is 1. The molecule has 1 atom stereocenters. The van der Waals surface area contributed by atoms with Crippen molar-refractivity contribution in [3.05, 3.63) is 65.7 Å². The number of amides is 1. The Morgan fingerprint density at radius 1 is 1.14 bits per heavy atom. The lowest BCUT2D eigenvalue weighted by Crippen LogP contribution is -2.37. The Hall–Kier alpha value is -3.06. The number of rotatable bonds is 5. The molecule has 7 heteroatoms. The number of nitrogens with one attached hydrogen (secondary N) is 1. The van der Waals surface area contributed by atoms with Crippen molar-refractivity contribution in [3.63, 3.8) is 0 Å². The van der Waals surface area contributed by atoms with E-state index in [4.69, 9.17) is 5.73 Å². The fourth-order valence-electron chi connectivity index (χ4n) is 3.64. The van der Waals surface area contributed by atoms with Gasteiger partial charge in [-0.3, -0.25) is 4.79 Å². The summed E-state index contributed by atoms with van der Waals surface area (Å²) >= 11 is 0. The molecule has 0 saturated carbocycles. The van der Waals surface area contributed by atoms with Crippen LogP contribution in [0.5, 0.6) is 0 Å². The number of carbonyl (C=O) groups is 1. The highest BCUT2D eigenvalue weighted by Gasteiger charge is 2.19. The van der Waals surface area contributed by atoms with E-state index in [1.807, 2.05) is 30.3 Å². The molecular formula is C22H24FN5O. The van der Waals surface area contributed by atoms with Gasteiger partial charge in [0.05, 0.1) is 11.7 Å². The molecule has 1 aliphatic rings. The summed E-state index contributed by atoms with van der Waals surface area (Å²) in [5.41, 5.74) is 7.80. The second-order valence-corrected chi connectivity index (χ2v) is 7.38. The maximum Gasteiger partial charge on any atom is 0.241 e. The quantitative estimate of drug-likeness (QED) is 0.696. The number of aryl methyl sites for hydroxylation is 1. The van der Waals surface area contributed by atoms with Gasteiger partial charge in [-0.1, -0.05) is 36.8 Å². The van der Waals surface area contributed by atoms with Gasteiger partial charge in [-0.15, -0.1) is 10.2 Å². The van der Waals surface area contributed by atoms with Crippen LogP contribution in [0, 0.1) is 5.82 Å². The highest BCUT2D eigenvalue weighted by atomic mass is 19.1. The number of anilines is 1. The Kier molecular flexibility index (Phi) is 5.67. The van der Waals surface area contributed by atoms with E-state index in [2.05, 4.69) is 20.1 Å². The third-order valence-electron chi connectivity index (χ3n) is 5.23. The standard InChI is InChI=1S/C22H24FN5O/c23-17-11-10-16(21-27-26-20-9-5-2-6-12-28(20)21)14-19(17)25-22(29)18(24)13-15-7-3-1-4-8-15/h1,3-4,7-8,10-11,14,18H,2,5-6,9,12-13,24H2,(H,25,29). The monoisotopic (exact) mass is 393 g/mol. The fourth-order valence-corrected chi connectivity index (χ4v) is 3.64. The molecule has 1 unspecified atom stereocenters. The molecule has 1 amide bonds. The summed E-state index contributed by atoms with van der Waals surface area (Å²) in [6.07, 6.45) is 4.60. The van der Waals surface area contributed by atoms with Gasteiger partial charge in [0.25, 0.3) is 0 Å². The van der Waals surface area contributed by atoms with E-state index in [1.165, 1.54) is 6.07 Å². The Balaban J connectivity index is 1.53. The Morgan fingerprint density at radius 3 is 2.79 bits per heavy atom. The molecule has 1 aliphatic heterocycles. The molecule has 6 nitrogen and oxygen atoms in total. The minimum absolute atomic E-state index is 0.0991. The first-order valence-electron chi connectivity index (χ1n) is 9.94. The Bertz CT molecular complexity index is 1000. The normalized spacial score (nSPS) is 14.7. The number of hydrogen-bond acceptors (Lipinski definition) is 4. The number of hydrogen-bond donors (Lipinski definition) is 2. The van der Waals surface area contributed by atoms with Crippen LogP contribution >= 0.6 is 0 Å². The van der Waals surface area contributed by atoms with Gasteiger partial charge in [0.1, 0.15) is 11.6 Å². The van der Waals surface area contributed by atoms with E-state index in [0.717, 1.165) is 49.2 Å². The number of nitrogens with zero attached hydrogens (tertiary/aromatic N) is 3. The summed E-state index contributed by atoms with van der Waals surface area (Å²) < 4.78 is 16.5. The zero-order chi connectivity index (χ0) is 20.2. The molecule has 0 saturated heterocycles. The van der Waals surface area contributed by atoms with Crippen molar-refractivity contribution >= 4 is 11.6 Å². The number of benzene rings is 2. The van der Waals surface area contributed by atoms with Crippen molar-refractivity contribution in [2.45, 2.75) is 44.7 Å². The van der Waals surface area contributed by atoms with Crippen LogP contribution in [0.2, 0.25) is 0 Å². The fraction of sp³-hybridized carbons (Fsp3) is 0.318. The van der Waals surface area contributed by atoms with E-state index in [0.29, 0.717) is 12.2 Å². The summed E-state index contributed by atoms with van der Waals surface area (Å²) in [5.74, 6) is 0.720. The predicted octanol–water partition coefficient (Wildman–Crippen LogP) is 3.32. The molecule has 0 fully saturated rings. The Labute approximate surface area is 169 Å². The molecule has 2 aromatic carbocycles. The zero-order valence-electron chi connectivity index (χ0n) is 16.1.